The van der Waals surface area contributed by atoms with Crippen molar-refractivity contribution >= 4 is 11.4 Å². The van der Waals surface area contributed by atoms with Crippen molar-refractivity contribution in [3.8, 4) is 0 Å². The largest absolute Gasteiger partial charge is 0.493 e. The van der Waals surface area contributed by atoms with E-state index in [1.807, 2.05) is 0 Å². The Balaban J connectivity index is 2.14. The molecule has 0 amide bonds. The fourth-order valence-corrected chi connectivity index (χ4v) is 8.04. The number of aryl methyl sites for hydroxylation is 4. The molecule has 0 N–H and O–H groups in total. The standard InChI is InChI=1S/C47H74N2/c1-8-15-19-22-29-39-32-42(33-40(30-23-20-16-9-2)45(39)31-24-21-17-10-3)46-36-41(28-18-11-4)47(49(46)48)43-34-37(25-12-5)44(27-14-7)38(35-43)26-13-6/h32-36H,8-31H2,1-7H3. The molecule has 49 heavy (non-hydrogen) atoms. The normalized spacial score (nSPS) is 13.2. The smallest absolute Gasteiger partial charge is 0.210 e. The molecule has 1 aliphatic rings. The van der Waals surface area contributed by atoms with Crippen molar-refractivity contribution in [1.82, 2.24) is 0 Å². The highest BCUT2D eigenvalue weighted by Gasteiger charge is 2.30. The third-order valence-electron chi connectivity index (χ3n) is 10.7. The number of nitrogens with zero attached hydrogens (tertiary/aromatic N) is 2. The summed E-state index contributed by atoms with van der Waals surface area (Å²) in [6.45, 7) is 16.1. The molecule has 0 aromatic heterocycles. The van der Waals surface area contributed by atoms with Gasteiger partial charge in [-0.15, -0.1) is 0 Å². The first-order chi connectivity index (χ1) is 24.0. The molecule has 0 radical (unpaired) electrons. The first kappa shape index (κ1) is 40.9. The van der Waals surface area contributed by atoms with Crippen LogP contribution in [-0.2, 0) is 38.5 Å². The molecule has 2 heteroatoms. The van der Waals surface area contributed by atoms with Crippen LogP contribution in [0.3, 0.4) is 0 Å². The molecule has 0 saturated heterocycles. The highest BCUT2D eigenvalue weighted by molar-refractivity contribution is 5.79. The Morgan fingerprint density at radius 2 is 0.837 bits per heavy atom. The van der Waals surface area contributed by atoms with Crippen LogP contribution in [0.15, 0.2) is 35.9 Å². The van der Waals surface area contributed by atoms with Crippen LogP contribution < -0.4 is 0 Å². The number of hydrogen-bond donors (Lipinski definition) is 0. The van der Waals surface area contributed by atoms with Crippen molar-refractivity contribution in [2.24, 2.45) is 0 Å². The van der Waals surface area contributed by atoms with Crippen LogP contribution in [0.5, 0.6) is 0 Å². The maximum absolute atomic E-state index is 12.3. The number of benzene rings is 2. The Morgan fingerprint density at radius 1 is 0.408 bits per heavy atom. The van der Waals surface area contributed by atoms with Gasteiger partial charge in [0.1, 0.15) is 0 Å². The summed E-state index contributed by atoms with van der Waals surface area (Å²) in [6.07, 6.45) is 31.5. The third-order valence-corrected chi connectivity index (χ3v) is 10.7. The van der Waals surface area contributed by atoms with E-state index >= 15 is 0 Å². The van der Waals surface area contributed by atoms with E-state index in [0.717, 1.165) is 75.6 Å². The highest BCUT2D eigenvalue weighted by Crippen LogP contribution is 2.40. The Morgan fingerprint density at radius 3 is 1.31 bits per heavy atom. The van der Waals surface area contributed by atoms with Gasteiger partial charge in [0.15, 0.2) is 0 Å². The molecule has 2 aromatic carbocycles. The molecule has 3 rings (SSSR count). The van der Waals surface area contributed by atoms with E-state index in [9.17, 15) is 5.53 Å². The molecule has 1 heterocycles. The summed E-state index contributed by atoms with van der Waals surface area (Å²) in [6, 6.07) is 9.85. The summed E-state index contributed by atoms with van der Waals surface area (Å²) in [5.74, 6) is 0. The van der Waals surface area contributed by atoms with Gasteiger partial charge >= 0.3 is 0 Å². The monoisotopic (exact) mass is 667 g/mol. The van der Waals surface area contributed by atoms with Gasteiger partial charge in [-0.3, -0.25) is 0 Å². The van der Waals surface area contributed by atoms with Crippen molar-refractivity contribution < 1.29 is 4.70 Å². The van der Waals surface area contributed by atoms with Crippen LogP contribution in [0.1, 0.15) is 209 Å². The Hall–Kier alpha value is -2.48. The quantitative estimate of drug-likeness (QED) is 0.0705. The third kappa shape index (κ3) is 12.1. The molecule has 2 aromatic rings. The zero-order valence-corrected chi connectivity index (χ0v) is 33.3. The van der Waals surface area contributed by atoms with Crippen LogP contribution in [0.2, 0.25) is 0 Å². The molecule has 0 atom stereocenters. The summed E-state index contributed by atoms with van der Waals surface area (Å²) < 4.78 is 1.60. The van der Waals surface area contributed by atoms with Gasteiger partial charge in [-0.05, 0) is 128 Å². The van der Waals surface area contributed by atoms with Gasteiger partial charge in [0, 0.05) is 22.8 Å². The van der Waals surface area contributed by atoms with Gasteiger partial charge in [0.25, 0.3) is 0 Å². The van der Waals surface area contributed by atoms with Gasteiger partial charge < -0.3 is 5.53 Å². The lowest BCUT2D eigenvalue weighted by atomic mass is 9.87. The van der Waals surface area contributed by atoms with E-state index in [2.05, 4.69) is 78.8 Å². The minimum atomic E-state index is 0.981. The van der Waals surface area contributed by atoms with Crippen LogP contribution in [0, 0.1) is 0 Å². The molecule has 0 unspecified atom stereocenters. The maximum atomic E-state index is 12.3. The predicted octanol–water partition coefficient (Wildman–Crippen LogP) is 14.9. The molecule has 0 saturated carbocycles. The SMILES string of the molecule is CCCCCCc1cc(C2=CC(CCCC)=C(c3cc(CCC)c(CCC)c(CCC)c3)[N+]2=[N-])cc(CCCCCC)c1CCCCCC. The molecule has 0 aliphatic carbocycles. The minimum Gasteiger partial charge on any atom is -0.493 e. The lowest BCUT2D eigenvalue weighted by Crippen LogP contribution is -2.09. The van der Waals surface area contributed by atoms with Crippen molar-refractivity contribution in [2.75, 3.05) is 0 Å². The average Bonchev–Trinajstić information content (AvgIpc) is 3.43. The van der Waals surface area contributed by atoms with Crippen LogP contribution in [0.4, 0.5) is 0 Å². The first-order valence-electron chi connectivity index (χ1n) is 21.2. The summed E-state index contributed by atoms with van der Waals surface area (Å²) in [4.78, 5) is 0. The van der Waals surface area contributed by atoms with E-state index in [1.54, 1.807) is 27.0 Å². The highest BCUT2D eigenvalue weighted by atomic mass is 15.2. The van der Waals surface area contributed by atoms with Crippen LogP contribution >= 0.6 is 0 Å². The summed E-state index contributed by atoms with van der Waals surface area (Å²) in [5.41, 5.74) is 27.3. The molecule has 0 spiro atoms. The molecular formula is C47H74N2. The molecule has 272 valence electrons. The van der Waals surface area contributed by atoms with Gasteiger partial charge in [-0.1, -0.05) is 132 Å². The molecule has 2 nitrogen and oxygen atoms in total. The van der Waals surface area contributed by atoms with E-state index in [-0.39, 0.29) is 0 Å². The number of allylic oxidation sites excluding steroid dienone is 2. The van der Waals surface area contributed by atoms with Crippen LogP contribution in [0.25, 0.3) is 16.9 Å². The lowest BCUT2D eigenvalue weighted by Gasteiger charge is -2.20. The fraction of sp³-hybridized carbons (Fsp3) is 0.660. The second-order valence-corrected chi connectivity index (χ2v) is 15.0. The Kier molecular flexibility index (Phi) is 19.3. The van der Waals surface area contributed by atoms with Gasteiger partial charge in [-0.2, -0.15) is 0 Å². The molecule has 0 fully saturated rings. The zero-order valence-electron chi connectivity index (χ0n) is 33.3. The van der Waals surface area contributed by atoms with E-state index in [1.165, 1.54) is 118 Å². The fourth-order valence-electron chi connectivity index (χ4n) is 8.04. The van der Waals surface area contributed by atoms with Gasteiger partial charge in [-0.25, -0.2) is 4.70 Å². The molecule has 0 bridgehead atoms. The summed E-state index contributed by atoms with van der Waals surface area (Å²) in [7, 11) is 0. The van der Waals surface area contributed by atoms with Gasteiger partial charge in [0.05, 0.1) is 0 Å². The van der Waals surface area contributed by atoms with E-state index < -0.39 is 0 Å². The maximum Gasteiger partial charge on any atom is 0.210 e. The summed E-state index contributed by atoms with van der Waals surface area (Å²) in [5, 5.41) is 0. The van der Waals surface area contributed by atoms with Crippen molar-refractivity contribution in [1.29, 1.82) is 0 Å². The molecule has 1 aliphatic heterocycles. The average molecular weight is 667 g/mol. The molecular weight excluding hydrogens is 593 g/mol. The van der Waals surface area contributed by atoms with E-state index in [4.69, 9.17) is 0 Å². The van der Waals surface area contributed by atoms with Crippen molar-refractivity contribution in [3.05, 3.63) is 86.0 Å². The first-order valence-corrected chi connectivity index (χ1v) is 21.2. The Labute approximate surface area is 303 Å². The zero-order chi connectivity index (χ0) is 35.4. The van der Waals surface area contributed by atoms with Crippen LogP contribution in [-0.4, -0.2) is 4.70 Å². The lowest BCUT2D eigenvalue weighted by molar-refractivity contribution is -0.344. The summed E-state index contributed by atoms with van der Waals surface area (Å²) >= 11 is 0. The van der Waals surface area contributed by atoms with Crippen molar-refractivity contribution in [3.63, 3.8) is 0 Å². The Bertz CT molecular complexity index is 1300. The minimum absolute atomic E-state index is 0.981. The van der Waals surface area contributed by atoms with Crippen molar-refractivity contribution in [2.45, 2.75) is 203 Å². The predicted molar refractivity (Wildman–Crippen MR) is 216 cm³/mol. The van der Waals surface area contributed by atoms with Gasteiger partial charge in [0.2, 0.25) is 11.4 Å². The number of hydrogen-bond acceptors (Lipinski definition) is 0. The number of rotatable bonds is 26. The second kappa shape index (κ2) is 23.1. The second-order valence-electron chi connectivity index (χ2n) is 15.0. The number of unbranched alkanes of at least 4 members (excludes halogenated alkanes) is 10. The van der Waals surface area contributed by atoms with E-state index in [0.29, 0.717) is 0 Å². The topological polar surface area (TPSA) is 25.3 Å².